The molecule has 0 fully saturated rings. The second kappa shape index (κ2) is 5.94. The van der Waals surface area contributed by atoms with Crippen molar-refractivity contribution in [1.82, 2.24) is 5.48 Å². The Kier molecular flexibility index (Phi) is 4.58. The lowest BCUT2D eigenvalue weighted by molar-refractivity contribution is -0.385. The van der Waals surface area contributed by atoms with E-state index in [1.54, 1.807) is 5.48 Å². The molecule has 1 aromatic carbocycles. The molecule has 0 radical (unpaired) electrons. The number of carbonyl (C=O) groups excluding carboxylic acids is 1. The van der Waals surface area contributed by atoms with E-state index >= 15 is 0 Å². The van der Waals surface area contributed by atoms with Gasteiger partial charge in [0.1, 0.15) is 5.56 Å². The smallest absolute Gasteiger partial charge is 0.332 e. The lowest BCUT2D eigenvalue weighted by Crippen LogP contribution is -2.27. The van der Waals surface area contributed by atoms with Crippen molar-refractivity contribution in [3.05, 3.63) is 38.9 Å². The fraction of sp³-hybridized carbons (Fsp3) is 0.111. The van der Waals surface area contributed by atoms with Crippen LogP contribution < -0.4 is 5.48 Å². The van der Waals surface area contributed by atoms with Gasteiger partial charge in [0.05, 0.1) is 4.92 Å². The molecule has 0 spiro atoms. The Morgan fingerprint density at radius 3 is 2.72 bits per heavy atom. The predicted octanol–water partition coefficient (Wildman–Crippen LogP) is 0.994. The Labute approximate surface area is 105 Å². The molecular weight excluding hydrogens is 268 g/mol. The number of aliphatic carboxylic acids is 1. The molecule has 0 aliphatic rings. The molecule has 0 bridgehead atoms. The van der Waals surface area contributed by atoms with Crippen LogP contribution in [0, 0.1) is 10.1 Å². The molecule has 2 N–H and O–H groups in total. The maximum absolute atomic E-state index is 11.5. The van der Waals surface area contributed by atoms with E-state index in [9.17, 15) is 19.7 Å². The average Bonchev–Trinajstić information content (AvgIpc) is 2.27. The highest BCUT2D eigenvalue weighted by atomic mass is 35.5. The number of carboxylic acid groups (broad SMARTS) is 1. The number of hydroxylamine groups is 1. The van der Waals surface area contributed by atoms with E-state index in [4.69, 9.17) is 16.7 Å². The summed E-state index contributed by atoms with van der Waals surface area (Å²) in [5.74, 6) is -2.25. The highest BCUT2D eigenvalue weighted by Crippen LogP contribution is 2.22. The maximum atomic E-state index is 11.5. The van der Waals surface area contributed by atoms with Crippen LogP contribution in [0.1, 0.15) is 10.4 Å². The van der Waals surface area contributed by atoms with E-state index in [0.29, 0.717) is 0 Å². The van der Waals surface area contributed by atoms with Crippen molar-refractivity contribution < 1.29 is 24.5 Å². The van der Waals surface area contributed by atoms with Crippen molar-refractivity contribution in [3.63, 3.8) is 0 Å². The number of nitrogens with zero attached hydrogens (tertiary/aromatic N) is 1. The zero-order chi connectivity index (χ0) is 13.7. The molecule has 0 atom stereocenters. The first-order valence-corrected chi connectivity index (χ1v) is 4.87. The predicted molar refractivity (Wildman–Crippen MR) is 59.2 cm³/mol. The van der Waals surface area contributed by atoms with Gasteiger partial charge < -0.3 is 5.11 Å². The van der Waals surface area contributed by atoms with Crippen LogP contribution in [0.5, 0.6) is 0 Å². The highest BCUT2D eigenvalue weighted by molar-refractivity contribution is 6.31. The summed E-state index contributed by atoms with van der Waals surface area (Å²) in [7, 11) is 0. The van der Waals surface area contributed by atoms with Crippen molar-refractivity contribution >= 4 is 29.2 Å². The highest BCUT2D eigenvalue weighted by Gasteiger charge is 2.20. The van der Waals surface area contributed by atoms with Gasteiger partial charge in [0.2, 0.25) is 0 Å². The SMILES string of the molecule is O=C(O)CONC(=O)c1cc(Cl)ccc1[N+](=O)[O-]. The number of hydrogen-bond donors (Lipinski definition) is 2. The summed E-state index contributed by atoms with van der Waals surface area (Å²) in [6.45, 7) is -0.764. The van der Waals surface area contributed by atoms with Crippen molar-refractivity contribution in [3.8, 4) is 0 Å². The normalized spacial score (nSPS) is 9.83. The van der Waals surface area contributed by atoms with Crippen molar-refractivity contribution in [1.29, 1.82) is 0 Å². The number of carbonyl (C=O) groups is 2. The van der Waals surface area contributed by atoms with Crippen LogP contribution in [0.4, 0.5) is 5.69 Å². The average molecular weight is 275 g/mol. The van der Waals surface area contributed by atoms with Crippen LogP contribution in [0.25, 0.3) is 0 Å². The lowest BCUT2D eigenvalue weighted by atomic mass is 10.2. The van der Waals surface area contributed by atoms with Crippen molar-refractivity contribution in [2.24, 2.45) is 0 Å². The summed E-state index contributed by atoms with van der Waals surface area (Å²) < 4.78 is 0. The van der Waals surface area contributed by atoms with Gasteiger partial charge in [-0.1, -0.05) is 11.6 Å². The van der Waals surface area contributed by atoms with Gasteiger partial charge in [-0.3, -0.25) is 19.7 Å². The zero-order valence-electron chi connectivity index (χ0n) is 8.75. The molecule has 0 aliphatic heterocycles. The van der Waals surface area contributed by atoms with Gasteiger partial charge in [0.15, 0.2) is 6.61 Å². The number of nitro benzene ring substituents is 1. The fourth-order valence-electron chi connectivity index (χ4n) is 1.07. The molecule has 0 aliphatic carbocycles. The van der Waals surface area contributed by atoms with Gasteiger partial charge in [-0.05, 0) is 12.1 Å². The third-order valence-corrected chi connectivity index (χ3v) is 2.00. The molecule has 9 heteroatoms. The molecule has 96 valence electrons. The summed E-state index contributed by atoms with van der Waals surface area (Å²) in [4.78, 5) is 35.9. The number of benzene rings is 1. The largest absolute Gasteiger partial charge is 0.479 e. The Morgan fingerprint density at radius 2 is 2.17 bits per heavy atom. The Balaban J connectivity index is 2.87. The van der Waals surface area contributed by atoms with Gasteiger partial charge in [-0.15, -0.1) is 0 Å². The number of hydrogen-bond acceptors (Lipinski definition) is 5. The van der Waals surface area contributed by atoms with Crippen molar-refractivity contribution in [2.45, 2.75) is 0 Å². The third-order valence-electron chi connectivity index (χ3n) is 1.76. The second-order valence-electron chi connectivity index (χ2n) is 3.03. The minimum absolute atomic E-state index is 0.129. The number of rotatable bonds is 5. The van der Waals surface area contributed by atoms with E-state index in [1.807, 2.05) is 0 Å². The van der Waals surface area contributed by atoms with Gasteiger partial charge >= 0.3 is 5.97 Å². The van der Waals surface area contributed by atoms with Gasteiger partial charge in [-0.25, -0.2) is 10.3 Å². The minimum Gasteiger partial charge on any atom is -0.479 e. The Hall–Kier alpha value is -2.19. The standard InChI is InChI=1S/C9H7ClN2O6/c10-5-1-2-7(12(16)17)6(3-5)9(15)11-18-4-8(13)14/h1-3H,4H2,(H,11,15)(H,13,14). The Morgan fingerprint density at radius 1 is 1.50 bits per heavy atom. The van der Waals surface area contributed by atoms with Crippen LogP contribution in [0.2, 0.25) is 5.02 Å². The molecule has 0 heterocycles. The molecule has 1 rings (SSSR count). The number of nitro groups is 1. The number of nitrogens with one attached hydrogen (secondary N) is 1. The van der Waals surface area contributed by atoms with Gasteiger partial charge in [0, 0.05) is 11.1 Å². The van der Waals surface area contributed by atoms with E-state index in [-0.39, 0.29) is 10.6 Å². The first-order valence-electron chi connectivity index (χ1n) is 4.49. The van der Waals surface area contributed by atoms with E-state index in [0.717, 1.165) is 12.1 Å². The van der Waals surface area contributed by atoms with Crippen LogP contribution in [0.15, 0.2) is 18.2 Å². The molecule has 0 unspecified atom stereocenters. The molecule has 18 heavy (non-hydrogen) atoms. The summed E-state index contributed by atoms with van der Waals surface area (Å²) in [5.41, 5.74) is 0.986. The quantitative estimate of drug-likeness (QED) is 0.610. The molecule has 0 saturated heterocycles. The maximum Gasteiger partial charge on any atom is 0.332 e. The molecule has 0 aromatic heterocycles. The number of amides is 1. The Bertz CT molecular complexity index is 504. The fourth-order valence-corrected chi connectivity index (χ4v) is 1.24. The summed E-state index contributed by atoms with van der Waals surface area (Å²) in [6, 6.07) is 3.40. The zero-order valence-corrected chi connectivity index (χ0v) is 9.51. The molecule has 1 amide bonds. The van der Waals surface area contributed by atoms with Gasteiger partial charge in [0.25, 0.3) is 11.6 Å². The van der Waals surface area contributed by atoms with Crippen LogP contribution in [-0.4, -0.2) is 28.5 Å². The van der Waals surface area contributed by atoms with Crippen molar-refractivity contribution in [2.75, 3.05) is 6.61 Å². The third kappa shape index (κ3) is 3.68. The van der Waals surface area contributed by atoms with Gasteiger partial charge in [-0.2, -0.15) is 0 Å². The summed E-state index contributed by atoms with van der Waals surface area (Å²) in [5, 5.41) is 19.1. The molecule has 8 nitrogen and oxygen atoms in total. The summed E-state index contributed by atoms with van der Waals surface area (Å²) in [6.07, 6.45) is 0. The molecular formula is C9H7ClN2O6. The number of halogens is 1. The minimum atomic E-state index is -1.30. The lowest BCUT2D eigenvalue weighted by Gasteiger charge is -2.04. The molecule has 1 aromatic rings. The first kappa shape index (κ1) is 13.9. The first-order chi connectivity index (χ1) is 8.41. The van der Waals surface area contributed by atoms with E-state index < -0.39 is 29.1 Å². The molecule has 0 saturated carbocycles. The van der Waals surface area contributed by atoms with E-state index in [2.05, 4.69) is 4.84 Å². The monoisotopic (exact) mass is 274 g/mol. The van der Waals surface area contributed by atoms with Crippen LogP contribution in [-0.2, 0) is 9.63 Å². The second-order valence-corrected chi connectivity index (χ2v) is 3.47. The van der Waals surface area contributed by atoms with E-state index in [1.165, 1.54) is 6.07 Å². The summed E-state index contributed by atoms with van der Waals surface area (Å²) >= 11 is 5.61. The van der Waals surface area contributed by atoms with Crippen LogP contribution >= 0.6 is 11.6 Å². The topological polar surface area (TPSA) is 119 Å². The number of carboxylic acids is 1. The van der Waals surface area contributed by atoms with Crippen LogP contribution in [0.3, 0.4) is 0 Å².